The van der Waals surface area contributed by atoms with Crippen molar-refractivity contribution in [2.75, 3.05) is 16.8 Å². The van der Waals surface area contributed by atoms with Crippen LogP contribution in [-0.4, -0.2) is 18.4 Å². The van der Waals surface area contributed by atoms with Gasteiger partial charge in [0.05, 0.1) is 17.9 Å². The van der Waals surface area contributed by atoms with E-state index in [0.717, 1.165) is 27.9 Å². The van der Waals surface area contributed by atoms with Crippen molar-refractivity contribution in [1.29, 1.82) is 0 Å². The van der Waals surface area contributed by atoms with E-state index in [9.17, 15) is 9.59 Å². The molecule has 5 heteroatoms. The van der Waals surface area contributed by atoms with Gasteiger partial charge in [-0.3, -0.25) is 9.59 Å². The number of ether oxygens (including phenoxy) is 1. The molecule has 0 atom stereocenters. The number of hydrogen-bond acceptors (Lipinski definition) is 4. The fourth-order valence-corrected chi connectivity index (χ4v) is 4.12. The Bertz CT molecular complexity index is 1270. The predicted molar refractivity (Wildman–Crippen MR) is 132 cm³/mol. The highest BCUT2D eigenvalue weighted by Crippen LogP contribution is 2.35. The minimum atomic E-state index is -0.388. The average molecular weight is 441 g/mol. The van der Waals surface area contributed by atoms with E-state index in [1.807, 2.05) is 71.0 Å². The molecule has 0 saturated heterocycles. The number of amides is 2. The Morgan fingerprint density at radius 2 is 1.55 bits per heavy atom. The molecule has 0 saturated carbocycles. The summed E-state index contributed by atoms with van der Waals surface area (Å²) in [6, 6.07) is 18.9. The molecule has 5 nitrogen and oxygen atoms in total. The summed E-state index contributed by atoms with van der Waals surface area (Å²) in [5.41, 5.74) is 6.94. The van der Waals surface area contributed by atoms with Crippen molar-refractivity contribution in [3.05, 3.63) is 94.2 Å². The molecule has 4 rings (SSSR count). The maximum Gasteiger partial charge on any atom is 0.282 e. The molecule has 3 aromatic carbocycles. The quantitative estimate of drug-likeness (QED) is 0.499. The number of nitrogens with zero attached hydrogens (tertiary/aromatic N) is 1. The highest BCUT2D eigenvalue weighted by Gasteiger charge is 2.40. The second kappa shape index (κ2) is 8.94. The van der Waals surface area contributed by atoms with E-state index in [1.165, 1.54) is 4.90 Å². The number of rotatable bonds is 6. The van der Waals surface area contributed by atoms with Crippen LogP contribution in [0.25, 0.3) is 5.57 Å². The van der Waals surface area contributed by atoms with Gasteiger partial charge in [-0.2, -0.15) is 0 Å². The zero-order chi connectivity index (χ0) is 23.7. The molecule has 0 spiro atoms. The van der Waals surface area contributed by atoms with Gasteiger partial charge in [0.2, 0.25) is 0 Å². The van der Waals surface area contributed by atoms with Gasteiger partial charge >= 0.3 is 0 Å². The van der Waals surface area contributed by atoms with Gasteiger partial charge in [-0.05, 0) is 86.7 Å². The van der Waals surface area contributed by atoms with E-state index in [0.29, 0.717) is 29.2 Å². The van der Waals surface area contributed by atoms with Crippen molar-refractivity contribution >= 4 is 28.8 Å². The second-order valence-corrected chi connectivity index (χ2v) is 8.43. The molecular formula is C28H28N2O3. The zero-order valence-corrected chi connectivity index (χ0v) is 19.7. The van der Waals surface area contributed by atoms with Gasteiger partial charge in [0, 0.05) is 11.8 Å². The van der Waals surface area contributed by atoms with E-state index in [-0.39, 0.29) is 17.5 Å². The molecule has 1 heterocycles. The Hall–Kier alpha value is -3.86. The van der Waals surface area contributed by atoms with Gasteiger partial charge in [-0.1, -0.05) is 30.3 Å². The average Bonchev–Trinajstić information content (AvgIpc) is 2.99. The molecule has 0 fully saturated rings. The summed E-state index contributed by atoms with van der Waals surface area (Å²) in [7, 11) is 0. The van der Waals surface area contributed by atoms with Crippen LogP contribution in [0.15, 0.2) is 66.4 Å². The van der Waals surface area contributed by atoms with Crippen molar-refractivity contribution in [2.24, 2.45) is 0 Å². The summed E-state index contributed by atoms with van der Waals surface area (Å²) in [6.45, 7) is 10.4. The summed E-state index contributed by atoms with van der Waals surface area (Å²) in [6.07, 6.45) is 0. The van der Waals surface area contributed by atoms with Crippen LogP contribution in [0.4, 0.5) is 11.4 Å². The number of imide groups is 1. The number of nitrogens with one attached hydrogen (secondary N) is 1. The molecule has 0 radical (unpaired) electrons. The maximum absolute atomic E-state index is 13.7. The first-order chi connectivity index (χ1) is 15.8. The lowest BCUT2D eigenvalue weighted by Crippen LogP contribution is -2.32. The summed E-state index contributed by atoms with van der Waals surface area (Å²) in [5, 5.41) is 3.26. The number of carbonyl (C=O) groups excluding carboxylic acids is 2. The van der Waals surface area contributed by atoms with E-state index < -0.39 is 0 Å². The van der Waals surface area contributed by atoms with Crippen molar-refractivity contribution < 1.29 is 14.3 Å². The van der Waals surface area contributed by atoms with Gasteiger partial charge in [0.15, 0.2) is 0 Å². The fourth-order valence-electron chi connectivity index (χ4n) is 4.12. The van der Waals surface area contributed by atoms with E-state index in [2.05, 4.69) is 11.4 Å². The van der Waals surface area contributed by atoms with Crippen molar-refractivity contribution in [3.8, 4) is 5.75 Å². The van der Waals surface area contributed by atoms with Crippen molar-refractivity contribution in [1.82, 2.24) is 0 Å². The third-order valence-electron chi connectivity index (χ3n) is 5.76. The van der Waals surface area contributed by atoms with Gasteiger partial charge in [0.25, 0.3) is 11.8 Å². The Labute approximate surface area is 194 Å². The van der Waals surface area contributed by atoms with Gasteiger partial charge in [0.1, 0.15) is 11.4 Å². The molecule has 1 aliphatic heterocycles. The fraction of sp³-hybridized carbons (Fsp3) is 0.214. The monoisotopic (exact) mass is 440 g/mol. The Morgan fingerprint density at radius 1 is 0.818 bits per heavy atom. The molecule has 2 amide bonds. The maximum atomic E-state index is 13.7. The molecule has 0 aromatic heterocycles. The minimum Gasteiger partial charge on any atom is -0.494 e. The Kier molecular flexibility index (Phi) is 6.05. The number of anilines is 2. The number of aryl methyl sites for hydroxylation is 4. The molecule has 0 unspecified atom stereocenters. The van der Waals surface area contributed by atoms with E-state index in [1.54, 1.807) is 18.2 Å². The lowest BCUT2D eigenvalue weighted by atomic mass is 9.99. The predicted octanol–water partition coefficient (Wildman–Crippen LogP) is 5.72. The van der Waals surface area contributed by atoms with Crippen molar-refractivity contribution in [3.63, 3.8) is 0 Å². The molecule has 1 aliphatic rings. The summed E-state index contributed by atoms with van der Waals surface area (Å²) in [5.74, 6) is -0.135. The van der Waals surface area contributed by atoms with E-state index >= 15 is 0 Å². The van der Waals surface area contributed by atoms with Crippen LogP contribution in [0.1, 0.15) is 34.7 Å². The van der Waals surface area contributed by atoms with Crippen LogP contribution >= 0.6 is 0 Å². The molecule has 33 heavy (non-hydrogen) atoms. The van der Waals surface area contributed by atoms with Gasteiger partial charge < -0.3 is 10.1 Å². The van der Waals surface area contributed by atoms with Crippen LogP contribution < -0.4 is 15.0 Å². The van der Waals surface area contributed by atoms with Crippen LogP contribution in [0.2, 0.25) is 0 Å². The largest absolute Gasteiger partial charge is 0.494 e. The third kappa shape index (κ3) is 4.40. The Balaban J connectivity index is 1.84. The minimum absolute atomic E-state index is 0.273. The third-order valence-corrected chi connectivity index (χ3v) is 5.76. The molecular weight excluding hydrogens is 412 g/mol. The topological polar surface area (TPSA) is 58.6 Å². The van der Waals surface area contributed by atoms with E-state index in [4.69, 9.17) is 4.74 Å². The van der Waals surface area contributed by atoms with Crippen LogP contribution in [0.3, 0.4) is 0 Å². The second-order valence-electron chi connectivity index (χ2n) is 8.43. The summed E-state index contributed by atoms with van der Waals surface area (Å²) >= 11 is 0. The van der Waals surface area contributed by atoms with Crippen LogP contribution in [-0.2, 0) is 9.59 Å². The molecule has 1 N–H and O–H groups in total. The summed E-state index contributed by atoms with van der Waals surface area (Å²) < 4.78 is 5.59. The zero-order valence-electron chi connectivity index (χ0n) is 19.7. The SMILES string of the molecule is CCOc1cccc(N2C(=O)C(Nc3cc(C)cc(C)c3)=C(c3ccc(C)c(C)c3)C2=O)c1. The standard InChI is InChI=1S/C28H28N2O3/c1-6-33-24-9-7-8-23(16-24)30-27(31)25(21-11-10-19(4)20(5)15-21)26(28(30)32)29-22-13-17(2)12-18(3)14-22/h7-16,29H,6H2,1-5H3. The molecule has 3 aromatic rings. The molecule has 0 aliphatic carbocycles. The number of hydrogen-bond donors (Lipinski definition) is 1. The lowest BCUT2D eigenvalue weighted by molar-refractivity contribution is -0.120. The van der Waals surface area contributed by atoms with Gasteiger partial charge in [-0.15, -0.1) is 0 Å². The Morgan fingerprint density at radius 3 is 2.21 bits per heavy atom. The first kappa shape index (κ1) is 22.3. The van der Waals surface area contributed by atoms with Crippen LogP contribution in [0, 0.1) is 27.7 Å². The molecule has 168 valence electrons. The van der Waals surface area contributed by atoms with Crippen molar-refractivity contribution in [2.45, 2.75) is 34.6 Å². The normalized spacial score (nSPS) is 13.7. The number of carbonyl (C=O) groups is 2. The van der Waals surface area contributed by atoms with Crippen LogP contribution in [0.5, 0.6) is 5.75 Å². The highest BCUT2D eigenvalue weighted by molar-refractivity contribution is 6.46. The highest BCUT2D eigenvalue weighted by atomic mass is 16.5. The summed E-state index contributed by atoms with van der Waals surface area (Å²) in [4.78, 5) is 28.5. The number of benzene rings is 3. The first-order valence-electron chi connectivity index (χ1n) is 11.1. The lowest BCUT2D eigenvalue weighted by Gasteiger charge is -2.16. The molecule has 0 bridgehead atoms. The first-order valence-corrected chi connectivity index (χ1v) is 11.1. The smallest absolute Gasteiger partial charge is 0.282 e. The van der Waals surface area contributed by atoms with Gasteiger partial charge in [-0.25, -0.2) is 4.90 Å².